The van der Waals surface area contributed by atoms with Crippen molar-refractivity contribution in [1.29, 1.82) is 0 Å². The minimum Gasteiger partial charge on any atom is -0.508 e. The van der Waals surface area contributed by atoms with Crippen LogP contribution in [0.5, 0.6) is 5.75 Å². The van der Waals surface area contributed by atoms with Crippen molar-refractivity contribution >= 4 is 34.8 Å². The maximum atomic E-state index is 11.2. The van der Waals surface area contributed by atoms with Gasteiger partial charge in [0.1, 0.15) is 5.75 Å². The minimum atomic E-state index is -0.940. The molecule has 0 aromatic heterocycles. The standard InChI is InChI=1S/C27H26O3.C24H28O3.C20H28O2.CH4.5H2/c28-25-6-5-22(20-1-2-21-11-23(26(29)30)4-3-19(21)10-20)12-24(25)27-13-16-7-17(14-27)9-18(8-16)15-27;1-23(2)13-14-24(3,4)20-15-18(10-11-19(20)23)21(25)12-7-16-5-8-17(9-6-16)22(26)27;1-15(8-6-9-16(2)14-19(21)22)11-12-18-17(3)10-7-13-20(18,4)5;;;;;;/h1-6,10-12,16-18,28H,7-9,13-15H2,(H,29,30);5-12,15,21,25H,13-14H2,1-4H3,(H,26,27);6,8-9,11-12,14H,7,10,13H2,1-5H3,(H,21,22);1H4;5*1H/b;12-7+;9-6+,12-11+,15-8-,16-14+;;;;;;. The van der Waals surface area contributed by atoms with Crippen LogP contribution in [0.25, 0.3) is 28.0 Å². The Bertz CT molecular complexity index is 3290. The molecule has 1 unspecified atom stereocenters. The maximum absolute atomic E-state index is 11.2. The number of fused-ring (bicyclic) bond motifs is 2. The Hall–Kier alpha value is -7.03. The van der Waals surface area contributed by atoms with E-state index in [1.54, 1.807) is 55.5 Å². The lowest BCUT2D eigenvalue weighted by Crippen LogP contribution is -2.48. The van der Waals surface area contributed by atoms with Crippen molar-refractivity contribution in [3.05, 3.63) is 201 Å². The second-order valence-electron chi connectivity index (χ2n) is 25.6. The number of aliphatic hydroxyl groups excluding tert-OH is 1. The molecule has 80 heavy (non-hydrogen) atoms. The van der Waals surface area contributed by atoms with E-state index in [1.807, 2.05) is 48.6 Å². The third kappa shape index (κ3) is 14.3. The lowest BCUT2D eigenvalue weighted by atomic mass is 9.48. The molecular weight excluding hydrogens is 993 g/mol. The predicted molar refractivity (Wildman–Crippen MR) is 338 cm³/mol. The van der Waals surface area contributed by atoms with Crippen LogP contribution < -0.4 is 0 Å². The van der Waals surface area contributed by atoms with Gasteiger partial charge in [-0.3, -0.25) is 0 Å². The summed E-state index contributed by atoms with van der Waals surface area (Å²) in [7, 11) is 0. The first-order valence-electron chi connectivity index (χ1n) is 28.4. The SMILES string of the molecule is C.CC1(C)CCC(C)(C)c2cc(C(O)/C=C/c3ccc(C(=O)O)cc3)ccc21.CC1=C(/C=C/C(C)=C\C=C\C(C)=C\C(=O)O)C(C)(C)CCC1.O=C(O)c1ccc2cc(-c3ccc(O)c(C45CC6CC(CC(C6)C4)C5)c3)ccc2c1.[HH].[HH].[HH].[HH].[HH]. The number of hydrogen-bond acceptors (Lipinski definition) is 5. The summed E-state index contributed by atoms with van der Waals surface area (Å²) in [4.78, 5) is 32.7. The summed E-state index contributed by atoms with van der Waals surface area (Å²) in [6.45, 7) is 19.8. The summed E-state index contributed by atoms with van der Waals surface area (Å²) in [5, 5.41) is 50.3. The Morgan fingerprint density at radius 2 is 1.19 bits per heavy atom. The molecule has 432 valence electrons. The van der Waals surface area contributed by atoms with Crippen molar-refractivity contribution in [3.8, 4) is 16.9 Å². The molecule has 8 heteroatoms. The van der Waals surface area contributed by atoms with Gasteiger partial charge in [0.25, 0.3) is 0 Å². The van der Waals surface area contributed by atoms with Crippen LogP contribution in [-0.4, -0.2) is 43.4 Å². The van der Waals surface area contributed by atoms with Crippen LogP contribution in [0.2, 0.25) is 0 Å². The molecule has 5 aromatic rings. The highest BCUT2D eigenvalue weighted by molar-refractivity contribution is 5.96. The molecule has 5 N–H and O–H groups in total. The van der Waals surface area contributed by atoms with Crippen LogP contribution in [0.3, 0.4) is 0 Å². The third-order valence-corrected chi connectivity index (χ3v) is 18.0. The van der Waals surface area contributed by atoms with E-state index in [1.165, 1.54) is 92.6 Å². The van der Waals surface area contributed by atoms with Gasteiger partial charge < -0.3 is 25.5 Å². The zero-order valence-electron chi connectivity index (χ0n) is 47.9. The van der Waals surface area contributed by atoms with E-state index >= 15 is 0 Å². The van der Waals surface area contributed by atoms with Gasteiger partial charge in [0.15, 0.2) is 0 Å². The number of allylic oxidation sites excluding steroid dienone is 9. The number of benzene rings is 5. The third-order valence-electron chi connectivity index (χ3n) is 18.0. The highest BCUT2D eigenvalue weighted by Crippen LogP contribution is 2.62. The highest BCUT2D eigenvalue weighted by Gasteiger charge is 2.52. The Morgan fingerprint density at radius 1 is 0.613 bits per heavy atom. The molecule has 1 atom stereocenters. The molecule has 0 amide bonds. The monoisotopic (exact) mass is 1090 g/mol. The van der Waals surface area contributed by atoms with Crippen LogP contribution in [0, 0.1) is 23.2 Å². The first-order chi connectivity index (χ1) is 37.3. The Labute approximate surface area is 483 Å². The molecule has 8 nitrogen and oxygen atoms in total. The van der Waals surface area contributed by atoms with Crippen molar-refractivity contribution in [2.24, 2.45) is 23.2 Å². The summed E-state index contributed by atoms with van der Waals surface area (Å²) in [6.07, 6.45) is 28.0. The van der Waals surface area contributed by atoms with E-state index in [-0.39, 0.29) is 41.8 Å². The normalized spacial score (nSPS) is 22.9. The molecule has 0 radical (unpaired) electrons. The molecular formula is C72H96O8. The van der Waals surface area contributed by atoms with Crippen LogP contribution in [0.4, 0.5) is 0 Å². The van der Waals surface area contributed by atoms with Gasteiger partial charge >= 0.3 is 17.9 Å². The van der Waals surface area contributed by atoms with Gasteiger partial charge in [0.05, 0.1) is 17.2 Å². The summed E-state index contributed by atoms with van der Waals surface area (Å²) in [5.41, 5.74) is 13.9. The number of carboxylic acids is 3. The number of aromatic carboxylic acids is 2. The molecule has 6 aliphatic carbocycles. The number of aliphatic carboxylic acids is 1. The number of carbonyl (C=O) groups is 3. The lowest BCUT2D eigenvalue weighted by molar-refractivity contribution is -0.131. The molecule has 4 fully saturated rings. The van der Waals surface area contributed by atoms with Crippen molar-refractivity contribution in [2.75, 3.05) is 0 Å². The molecule has 0 aliphatic heterocycles. The van der Waals surface area contributed by atoms with Crippen LogP contribution >= 0.6 is 0 Å². The van der Waals surface area contributed by atoms with Gasteiger partial charge in [0.2, 0.25) is 0 Å². The van der Waals surface area contributed by atoms with Gasteiger partial charge in [-0.25, -0.2) is 14.4 Å². The van der Waals surface area contributed by atoms with Crippen molar-refractivity contribution < 1.29 is 47.0 Å². The second-order valence-corrected chi connectivity index (χ2v) is 25.6. The van der Waals surface area contributed by atoms with Gasteiger partial charge in [-0.1, -0.05) is 157 Å². The number of phenolic OH excluding ortho intramolecular Hbond substituents is 1. The fourth-order valence-corrected chi connectivity index (χ4v) is 13.9. The van der Waals surface area contributed by atoms with Gasteiger partial charge in [0, 0.05) is 18.8 Å². The first-order valence-corrected chi connectivity index (χ1v) is 28.4. The summed E-state index contributed by atoms with van der Waals surface area (Å²) in [6, 6.07) is 30.5. The van der Waals surface area contributed by atoms with E-state index in [0.29, 0.717) is 11.3 Å². The Kier molecular flexibility index (Phi) is 18.8. The average molecular weight is 1090 g/mol. The van der Waals surface area contributed by atoms with Crippen molar-refractivity contribution in [2.45, 2.75) is 163 Å². The summed E-state index contributed by atoms with van der Waals surface area (Å²) < 4.78 is 0. The summed E-state index contributed by atoms with van der Waals surface area (Å²) in [5.74, 6) is 0.206. The molecule has 5 aromatic carbocycles. The number of aromatic hydroxyl groups is 1. The fraction of sp³-hybridized carbons (Fsp3) is 0.403. The predicted octanol–water partition coefficient (Wildman–Crippen LogP) is 19.3. The summed E-state index contributed by atoms with van der Waals surface area (Å²) >= 11 is 0. The number of aliphatic hydroxyl groups is 1. The first kappa shape index (κ1) is 60.6. The topological polar surface area (TPSA) is 152 Å². The zero-order valence-corrected chi connectivity index (χ0v) is 47.9. The van der Waals surface area contributed by atoms with Crippen LogP contribution in [-0.2, 0) is 21.0 Å². The van der Waals surface area contributed by atoms with E-state index in [0.717, 1.165) is 73.9 Å². The lowest BCUT2D eigenvalue weighted by Gasteiger charge is -2.57. The smallest absolute Gasteiger partial charge is 0.335 e. The number of phenols is 1. The maximum Gasteiger partial charge on any atom is 0.335 e. The van der Waals surface area contributed by atoms with Gasteiger partial charge in [-0.05, 0) is 229 Å². The van der Waals surface area contributed by atoms with Crippen molar-refractivity contribution in [1.82, 2.24) is 0 Å². The second kappa shape index (κ2) is 24.8. The van der Waals surface area contributed by atoms with E-state index in [9.17, 15) is 29.7 Å². The van der Waals surface area contributed by atoms with Crippen molar-refractivity contribution in [3.63, 3.8) is 0 Å². The fourth-order valence-electron chi connectivity index (χ4n) is 13.9. The quantitative estimate of drug-likeness (QED) is 0.0612. The van der Waals surface area contributed by atoms with Gasteiger partial charge in [-0.2, -0.15) is 0 Å². The zero-order chi connectivity index (χ0) is 57.0. The Morgan fingerprint density at radius 3 is 1.80 bits per heavy atom. The van der Waals surface area contributed by atoms with E-state index in [4.69, 9.17) is 10.2 Å². The minimum absolute atomic E-state index is 0. The molecule has 6 aliphatic rings. The molecule has 4 bridgehead atoms. The van der Waals surface area contributed by atoms with E-state index in [2.05, 4.69) is 97.9 Å². The average Bonchev–Trinajstić information content (AvgIpc) is 3.38. The molecule has 0 heterocycles. The van der Waals surface area contributed by atoms with Crippen LogP contribution in [0.1, 0.15) is 202 Å². The number of hydrogen-bond donors (Lipinski definition) is 5. The number of rotatable bonds is 12. The Balaban J connectivity index is 0.000000426. The molecule has 0 spiro atoms. The number of carboxylic acid groups (broad SMARTS) is 3. The highest BCUT2D eigenvalue weighted by atomic mass is 16.4. The molecule has 0 saturated heterocycles. The van der Waals surface area contributed by atoms with Crippen LogP contribution in [0.15, 0.2) is 162 Å². The molecule has 4 saturated carbocycles. The largest absolute Gasteiger partial charge is 0.508 e. The van der Waals surface area contributed by atoms with E-state index < -0.39 is 24.0 Å². The molecule has 11 rings (SSSR count). The van der Waals surface area contributed by atoms with Gasteiger partial charge in [-0.15, -0.1) is 0 Å².